The number of fused-ring (bicyclic) bond motifs is 1. The van der Waals surface area contributed by atoms with Crippen molar-refractivity contribution < 1.29 is 19.7 Å². The molecule has 3 unspecified atom stereocenters. The minimum atomic E-state index is -0.791. The number of halogens is 1. The lowest BCUT2D eigenvalue weighted by atomic mass is 10.0. The van der Waals surface area contributed by atoms with Crippen LogP contribution < -0.4 is 4.74 Å². The molecule has 0 spiro atoms. The number of nitrogens with one attached hydrogen (secondary N) is 1. The third-order valence-electron chi connectivity index (χ3n) is 5.56. The lowest BCUT2D eigenvalue weighted by Crippen LogP contribution is -2.45. The Bertz CT molecular complexity index is 1210. The summed E-state index contributed by atoms with van der Waals surface area (Å²) in [5.74, 6) is 0. The van der Waals surface area contributed by atoms with Crippen molar-refractivity contribution in [2.24, 2.45) is 0 Å². The number of aromatic nitrogens is 3. The van der Waals surface area contributed by atoms with E-state index in [1.807, 2.05) is 42.5 Å². The Morgan fingerprint density at radius 1 is 1.03 bits per heavy atom. The van der Waals surface area contributed by atoms with E-state index in [-0.39, 0.29) is 25.3 Å². The SMILES string of the molecule is OCC1OCC(Oc2nc3nc(-c4ccc(-c5ccccc5)cc4)c(Cl)cc3[nH]2)CC1O. The van der Waals surface area contributed by atoms with E-state index in [0.717, 1.165) is 16.7 Å². The van der Waals surface area contributed by atoms with Crippen molar-refractivity contribution in [2.45, 2.75) is 24.7 Å². The van der Waals surface area contributed by atoms with E-state index in [1.54, 1.807) is 6.07 Å². The number of imidazole rings is 1. The van der Waals surface area contributed by atoms with Gasteiger partial charge in [-0.1, -0.05) is 66.2 Å². The molecule has 1 aliphatic heterocycles. The predicted octanol–water partition coefficient (Wildman–Crippen LogP) is 3.83. The summed E-state index contributed by atoms with van der Waals surface area (Å²) in [6, 6.07) is 20.3. The predicted molar refractivity (Wildman–Crippen MR) is 122 cm³/mol. The number of H-pyrrole nitrogens is 1. The van der Waals surface area contributed by atoms with Crippen molar-refractivity contribution >= 4 is 22.8 Å². The normalized spacial score (nSPS) is 21.0. The Kier molecular flexibility index (Phi) is 5.80. The van der Waals surface area contributed by atoms with Gasteiger partial charge in [-0.15, -0.1) is 0 Å². The fourth-order valence-corrected chi connectivity index (χ4v) is 4.11. The van der Waals surface area contributed by atoms with Crippen LogP contribution in [0.2, 0.25) is 5.02 Å². The van der Waals surface area contributed by atoms with E-state index in [4.69, 9.17) is 21.1 Å². The van der Waals surface area contributed by atoms with Crippen molar-refractivity contribution in [3.8, 4) is 28.4 Å². The van der Waals surface area contributed by atoms with Gasteiger partial charge in [0, 0.05) is 12.0 Å². The van der Waals surface area contributed by atoms with Crippen LogP contribution in [-0.2, 0) is 4.74 Å². The van der Waals surface area contributed by atoms with E-state index in [9.17, 15) is 10.2 Å². The molecule has 1 fully saturated rings. The molecule has 32 heavy (non-hydrogen) atoms. The van der Waals surface area contributed by atoms with Gasteiger partial charge in [0.2, 0.25) is 0 Å². The summed E-state index contributed by atoms with van der Waals surface area (Å²) in [5, 5.41) is 19.7. The van der Waals surface area contributed by atoms with E-state index in [1.165, 1.54) is 0 Å². The maximum atomic E-state index is 10.0. The van der Waals surface area contributed by atoms with E-state index in [2.05, 4.69) is 27.1 Å². The van der Waals surface area contributed by atoms with Gasteiger partial charge in [-0.25, -0.2) is 4.98 Å². The van der Waals surface area contributed by atoms with Crippen LogP contribution in [0.25, 0.3) is 33.5 Å². The van der Waals surface area contributed by atoms with Crippen LogP contribution in [-0.4, -0.2) is 56.7 Å². The Labute approximate surface area is 189 Å². The van der Waals surface area contributed by atoms with Gasteiger partial charge in [-0.3, -0.25) is 0 Å². The smallest absolute Gasteiger partial charge is 0.296 e. The van der Waals surface area contributed by atoms with Gasteiger partial charge < -0.3 is 24.7 Å². The number of hydrogen-bond acceptors (Lipinski definition) is 6. The summed E-state index contributed by atoms with van der Waals surface area (Å²) in [7, 11) is 0. The van der Waals surface area contributed by atoms with Crippen LogP contribution >= 0.6 is 11.6 Å². The number of rotatable bonds is 5. The van der Waals surface area contributed by atoms with E-state index < -0.39 is 12.2 Å². The molecule has 2 aromatic heterocycles. The molecule has 3 heterocycles. The number of aliphatic hydroxyl groups excluding tert-OH is 2. The molecule has 3 N–H and O–H groups in total. The fourth-order valence-electron chi connectivity index (χ4n) is 3.85. The topological polar surface area (TPSA) is 100 Å². The summed E-state index contributed by atoms with van der Waals surface area (Å²) < 4.78 is 11.3. The van der Waals surface area contributed by atoms with Crippen LogP contribution in [0, 0.1) is 0 Å². The molecular formula is C24H22ClN3O4. The zero-order chi connectivity index (χ0) is 22.1. The number of aliphatic hydroxyl groups is 2. The highest BCUT2D eigenvalue weighted by Gasteiger charge is 2.31. The highest BCUT2D eigenvalue weighted by atomic mass is 35.5. The molecule has 0 aliphatic carbocycles. The second-order valence-corrected chi connectivity index (χ2v) is 8.18. The molecule has 1 aliphatic rings. The van der Waals surface area contributed by atoms with Gasteiger partial charge in [-0.2, -0.15) is 4.98 Å². The number of hydrogen-bond donors (Lipinski definition) is 3. The molecule has 0 saturated carbocycles. The summed E-state index contributed by atoms with van der Waals surface area (Å²) in [5.41, 5.74) is 4.92. The van der Waals surface area contributed by atoms with Gasteiger partial charge >= 0.3 is 0 Å². The van der Waals surface area contributed by atoms with E-state index in [0.29, 0.717) is 28.3 Å². The zero-order valence-corrected chi connectivity index (χ0v) is 17.9. The van der Waals surface area contributed by atoms with E-state index >= 15 is 0 Å². The fraction of sp³-hybridized carbons (Fsp3) is 0.250. The highest BCUT2D eigenvalue weighted by Crippen LogP contribution is 2.31. The zero-order valence-electron chi connectivity index (χ0n) is 17.1. The molecular weight excluding hydrogens is 430 g/mol. The first kappa shape index (κ1) is 20.9. The van der Waals surface area contributed by atoms with Crippen molar-refractivity contribution in [1.82, 2.24) is 15.0 Å². The first-order valence-corrected chi connectivity index (χ1v) is 10.8. The number of pyridine rings is 1. The first-order chi connectivity index (χ1) is 15.6. The summed E-state index contributed by atoms with van der Waals surface area (Å²) >= 11 is 6.52. The quantitative estimate of drug-likeness (QED) is 0.426. The van der Waals surface area contributed by atoms with Crippen molar-refractivity contribution in [3.63, 3.8) is 0 Å². The average Bonchev–Trinajstić information content (AvgIpc) is 3.20. The second kappa shape index (κ2) is 8.88. The van der Waals surface area contributed by atoms with Gasteiger partial charge in [-0.05, 0) is 17.2 Å². The Hall–Kier alpha value is -2.97. The summed E-state index contributed by atoms with van der Waals surface area (Å²) in [4.78, 5) is 12.1. The van der Waals surface area contributed by atoms with Gasteiger partial charge in [0.25, 0.3) is 6.01 Å². The second-order valence-electron chi connectivity index (χ2n) is 7.77. The summed E-state index contributed by atoms with van der Waals surface area (Å²) in [6.45, 7) is 0.0303. The first-order valence-electron chi connectivity index (χ1n) is 10.4. The number of aromatic amines is 1. The number of benzene rings is 2. The Morgan fingerprint density at radius 3 is 2.47 bits per heavy atom. The van der Waals surface area contributed by atoms with Gasteiger partial charge in [0.05, 0.1) is 35.6 Å². The summed E-state index contributed by atoms with van der Waals surface area (Å²) in [6.07, 6.45) is -1.41. The van der Waals surface area contributed by atoms with Crippen LogP contribution in [0.3, 0.4) is 0 Å². The molecule has 5 rings (SSSR count). The van der Waals surface area contributed by atoms with Crippen molar-refractivity contribution in [2.75, 3.05) is 13.2 Å². The van der Waals surface area contributed by atoms with Crippen LogP contribution in [0.15, 0.2) is 60.7 Å². The molecule has 0 radical (unpaired) electrons. The Balaban J connectivity index is 1.37. The minimum Gasteiger partial charge on any atom is -0.459 e. The number of nitrogens with zero attached hydrogens (tertiary/aromatic N) is 2. The van der Waals surface area contributed by atoms with Gasteiger partial charge in [0.15, 0.2) is 5.65 Å². The highest BCUT2D eigenvalue weighted by molar-refractivity contribution is 6.33. The molecule has 4 aromatic rings. The molecule has 8 heteroatoms. The third kappa shape index (κ3) is 4.20. The lowest BCUT2D eigenvalue weighted by molar-refractivity contribution is -0.131. The monoisotopic (exact) mass is 451 g/mol. The molecule has 3 atom stereocenters. The minimum absolute atomic E-state index is 0.226. The van der Waals surface area contributed by atoms with Gasteiger partial charge in [0.1, 0.15) is 12.2 Å². The van der Waals surface area contributed by atoms with Crippen LogP contribution in [0.5, 0.6) is 6.01 Å². The largest absolute Gasteiger partial charge is 0.459 e. The maximum Gasteiger partial charge on any atom is 0.296 e. The van der Waals surface area contributed by atoms with Crippen molar-refractivity contribution in [3.05, 3.63) is 65.7 Å². The third-order valence-corrected chi connectivity index (χ3v) is 5.85. The molecule has 164 valence electrons. The van der Waals surface area contributed by atoms with Crippen molar-refractivity contribution in [1.29, 1.82) is 0 Å². The van der Waals surface area contributed by atoms with Crippen LogP contribution in [0.1, 0.15) is 6.42 Å². The molecule has 7 nitrogen and oxygen atoms in total. The van der Waals surface area contributed by atoms with Crippen LogP contribution in [0.4, 0.5) is 0 Å². The molecule has 0 bridgehead atoms. The molecule has 1 saturated heterocycles. The average molecular weight is 452 g/mol. The Morgan fingerprint density at radius 2 is 1.75 bits per heavy atom. The molecule has 0 amide bonds. The standard InChI is InChI=1S/C24H22ClN3O4/c25-18-11-19-23(28-24(26-19)32-17-10-20(30)21(12-29)31-13-17)27-22(18)16-8-6-15(7-9-16)14-4-2-1-3-5-14/h1-9,11,17,20-21,29-30H,10,12-13H2,(H,26,27,28). The molecule has 2 aromatic carbocycles. The lowest BCUT2D eigenvalue weighted by Gasteiger charge is -2.31. The maximum absolute atomic E-state index is 10.0. The number of ether oxygens (including phenoxy) is 2.